The van der Waals surface area contributed by atoms with Gasteiger partial charge in [-0.3, -0.25) is 4.79 Å². The van der Waals surface area contributed by atoms with Gasteiger partial charge in [0.1, 0.15) is 0 Å². The molecule has 0 saturated carbocycles. The number of rotatable bonds is 3. The van der Waals surface area contributed by atoms with Crippen LogP contribution in [0.2, 0.25) is 5.02 Å². The Kier molecular flexibility index (Phi) is 3.49. The van der Waals surface area contributed by atoms with Gasteiger partial charge in [-0.15, -0.1) is 0 Å². The minimum atomic E-state index is 0.149. The van der Waals surface area contributed by atoms with Gasteiger partial charge in [0.25, 0.3) is 0 Å². The fraction of sp³-hybridized carbons (Fsp3) is 0.235. The highest BCUT2D eigenvalue weighted by Crippen LogP contribution is 2.34. The summed E-state index contributed by atoms with van der Waals surface area (Å²) in [7, 11) is 0. The summed E-state index contributed by atoms with van der Waals surface area (Å²) in [6, 6.07) is 13.7. The van der Waals surface area contributed by atoms with E-state index in [0.717, 1.165) is 17.8 Å². The Balaban J connectivity index is 1.79. The molecule has 1 N–H and O–H groups in total. The van der Waals surface area contributed by atoms with Crippen molar-refractivity contribution >= 4 is 23.1 Å². The Morgan fingerprint density at radius 3 is 2.90 bits per heavy atom. The summed E-state index contributed by atoms with van der Waals surface area (Å²) >= 11 is 6.09. The molecule has 1 unspecified atom stereocenters. The second-order valence-corrected chi connectivity index (χ2v) is 5.66. The highest BCUT2D eigenvalue weighted by atomic mass is 35.5. The highest BCUT2D eigenvalue weighted by molar-refractivity contribution is 6.31. The van der Waals surface area contributed by atoms with Crippen molar-refractivity contribution in [3.05, 3.63) is 64.2 Å². The van der Waals surface area contributed by atoms with Gasteiger partial charge in [0, 0.05) is 35.2 Å². The molecule has 1 heterocycles. The van der Waals surface area contributed by atoms with Crippen LogP contribution in [0.3, 0.4) is 0 Å². The number of carbonyl (C=O) groups excluding carboxylic acids is 1. The lowest BCUT2D eigenvalue weighted by atomic mass is 9.93. The second kappa shape index (κ2) is 5.29. The number of Topliss-reactive ketones (excluding diaryl/α,β-unsaturated/α-hetero) is 1. The number of benzene rings is 2. The summed E-state index contributed by atoms with van der Waals surface area (Å²) in [5.41, 5.74) is 4.08. The van der Waals surface area contributed by atoms with Crippen molar-refractivity contribution in [2.24, 2.45) is 0 Å². The minimum Gasteiger partial charge on any atom is -0.384 e. The number of para-hydroxylation sites is 1. The number of halogens is 1. The van der Waals surface area contributed by atoms with Crippen LogP contribution in [0.5, 0.6) is 0 Å². The van der Waals surface area contributed by atoms with Crippen LogP contribution < -0.4 is 5.32 Å². The number of ketones is 1. The standard InChI is InChI=1S/C17H16ClNO/c1-11-6-7-12(8-15(11)18)17(20)9-13-10-19-16-5-3-2-4-14(13)16/h2-8,13,19H,9-10H2,1H3. The van der Waals surface area contributed by atoms with E-state index in [4.69, 9.17) is 11.6 Å². The summed E-state index contributed by atoms with van der Waals surface area (Å²) in [4.78, 5) is 12.4. The van der Waals surface area contributed by atoms with E-state index in [2.05, 4.69) is 17.4 Å². The predicted molar refractivity (Wildman–Crippen MR) is 82.8 cm³/mol. The summed E-state index contributed by atoms with van der Waals surface area (Å²) in [6.07, 6.45) is 0.517. The summed E-state index contributed by atoms with van der Waals surface area (Å²) in [5, 5.41) is 4.00. The SMILES string of the molecule is Cc1ccc(C(=O)CC2CNc3ccccc32)cc1Cl. The van der Waals surface area contributed by atoms with Gasteiger partial charge >= 0.3 is 0 Å². The number of anilines is 1. The van der Waals surface area contributed by atoms with E-state index in [-0.39, 0.29) is 11.7 Å². The van der Waals surface area contributed by atoms with E-state index >= 15 is 0 Å². The van der Waals surface area contributed by atoms with Gasteiger partial charge in [-0.05, 0) is 30.2 Å². The molecule has 3 heteroatoms. The largest absolute Gasteiger partial charge is 0.384 e. The number of nitrogens with one attached hydrogen (secondary N) is 1. The third kappa shape index (κ3) is 2.44. The normalized spacial score (nSPS) is 16.6. The van der Waals surface area contributed by atoms with Crippen LogP contribution in [0.1, 0.15) is 33.8 Å². The van der Waals surface area contributed by atoms with E-state index in [1.165, 1.54) is 5.56 Å². The third-order valence-corrected chi connectivity index (χ3v) is 4.27. The van der Waals surface area contributed by atoms with Gasteiger partial charge in [-0.25, -0.2) is 0 Å². The van der Waals surface area contributed by atoms with Crippen LogP contribution in [-0.4, -0.2) is 12.3 Å². The Bertz CT molecular complexity index is 666. The summed E-state index contributed by atoms with van der Waals surface area (Å²) in [5.74, 6) is 0.397. The van der Waals surface area contributed by atoms with E-state index < -0.39 is 0 Å². The molecule has 0 aliphatic carbocycles. The average molecular weight is 286 g/mol. The molecule has 0 saturated heterocycles. The second-order valence-electron chi connectivity index (χ2n) is 5.26. The first-order chi connectivity index (χ1) is 9.65. The number of carbonyl (C=O) groups is 1. The van der Waals surface area contributed by atoms with Crippen LogP contribution in [0.15, 0.2) is 42.5 Å². The number of hydrogen-bond donors (Lipinski definition) is 1. The van der Waals surface area contributed by atoms with Gasteiger partial charge in [-0.1, -0.05) is 41.9 Å². The van der Waals surface area contributed by atoms with Crippen LogP contribution in [-0.2, 0) is 0 Å². The molecule has 2 aromatic carbocycles. The molecule has 102 valence electrons. The third-order valence-electron chi connectivity index (χ3n) is 3.87. The highest BCUT2D eigenvalue weighted by Gasteiger charge is 2.24. The molecule has 1 aliphatic rings. The molecule has 0 spiro atoms. The molecule has 0 aromatic heterocycles. The van der Waals surface area contributed by atoms with Gasteiger partial charge in [0.15, 0.2) is 5.78 Å². The van der Waals surface area contributed by atoms with Crippen LogP contribution >= 0.6 is 11.6 Å². The molecular formula is C17H16ClNO. The van der Waals surface area contributed by atoms with Crippen molar-refractivity contribution in [1.82, 2.24) is 0 Å². The van der Waals surface area contributed by atoms with Crippen LogP contribution in [0.25, 0.3) is 0 Å². The lowest BCUT2D eigenvalue weighted by Crippen LogP contribution is -2.09. The van der Waals surface area contributed by atoms with Gasteiger partial charge in [0.05, 0.1) is 0 Å². The molecule has 0 amide bonds. The fourth-order valence-corrected chi connectivity index (χ4v) is 2.83. The maximum absolute atomic E-state index is 12.4. The van der Waals surface area contributed by atoms with E-state index in [1.807, 2.05) is 31.2 Å². The number of fused-ring (bicyclic) bond motifs is 1. The van der Waals surface area contributed by atoms with Crippen molar-refractivity contribution in [2.45, 2.75) is 19.3 Å². The maximum atomic E-state index is 12.4. The predicted octanol–water partition coefficient (Wildman–Crippen LogP) is 4.43. The lowest BCUT2D eigenvalue weighted by Gasteiger charge is -2.10. The lowest BCUT2D eigenvalue weighted by molar-refractivity contribution is 0.0975. The summed E-state index contributed by atoms with van der Waals surface area (Å²) < 4.78 is 0. The first-order valence-corrected chi connectivity index (χ1v) is 7.15. The first-order valence-electron chi connectivity index (χ1n) is 6.77. The zero-order chi connectivity index (χ0) is 14.1. The van der Waals surface area contributed by atoms with E-state index in [9.17, 15) is 4.79 Å². The van der Waals surface area contributed by atoms with E-state index in [1.54, 1.807) is 6.07 Å². The minimum absolute atomic E-state index is 0.149. The topological polar surface area (TPSA) is 29.1 Å². The number of aryl methyl sites for hydroxylation is 1. The Hall–Kier alpha value is -1.80. The monoisotopic (exact) mass is 285 g/mol. The smallest absolute Gasteiger partial charge is 0.163 e. The Morgan fingerprint density at radius 1 is 1.30 bits per heavy atom. The van der Waals surface area contributed by atoms with Gasteiger partial charge in [-0.2, -0.15) is 0 Å². The van der Waals surface area contributed by atoms with Gasteiger partial charge < -0.3 is 5.32 Å². The van der Waals surface area contributed by atoms with Crippen LogP contribution in [0.4, 0.5) is 5.69 Å². The fourth-order valence-electron chi connectivity index (χ4n) is 2.65. The average Bonchev–Trinajstić information content (AvgIpc) is 2.85. The molecule has 20 heavy (non-hydrogen) atoms. The first kappa shape index (κ1) is 13.2. The molecule has 0 fully saturated rings. The summed E-state index contributed by atoms with van der Waals surface area (Å²) in [6.45, 7) is 2.76. The molecule has 1 atom stereocenters. The quantitative estimate of drug-likeness (QED) is 0.845. The maximum Gasteiger partial charge on any atom is 0.163 e. The zero-order valence-corrected chi connectivity index (χ0v) is 12.1. The van der Waals surface area contributed by atoms with Gasteiger partial charge in [0.2, 0.25) is 0 Å². The molecule has 0 radical (unpaired) electrons. The molecular weight excluding hydrogens is 270 g/mol. The van der Waals surface area contributed by atoms with Crippen LogP contribution in [0, 0.1) is 6.92 Å². The van der Waals surface area contributed by atoms with E-state index in [0.29, 0.717) is 17.0 Å². The molecule has 2 aromatic rings. The van der Waals surface area contributed by atoms with Crippen molar-refractivity contribution in [3.8, 4) is 0 Å². The Morgan fingerprint density at radius 2 is 2.10 bits per heavy atom. The van der Waals surface area contributed by atoms with Crippen molar-refractivity contribution in [1.29, 1.82) is 0 Å². The molecule has 2 nitrogen and oxygen atoms in total. The molecule has 0 bridgehead atoms. The zero-order valence-electron chi connectivity index (χ0n) is 11.3. The van der Waals surface area contributed by atoms with Crippen molar-refractivity contribution in [3.63, 3.8) is 0 Å². The van der Waals surface area contributed by atoms with Crippen molar-refractivity contribution in [2.75, 3.05) is 11.9 Å². The Labute approximate surface area is 123 Å². The molecule has 1 aliphatic heterocycles. The number of hydrogen-bond acceptors (Lipinski definition) is 2. The van der Waals surface area contributed by atoms with Crippen molar-refractivity contribution < 1.29 is 4.79 Å². The molecule has 3 rings (SSSR count).